The molecule has 7 heavy (non-hydrogen) atoms. The van der Waals surface area contributed by atoms with Crippen LogP contribution in [0.5, 0.6) is 0 Å². The van der Waals surface area contributed by atoms with Gasteiger partial charge in [0.2, 0.25) is 6.29 Å². The van der Waals surface area contributed by atoms with Crippen molar-refractivity contribution in [2.75, 3.05) is 0 Å². The van der Waals surface area contributed by atoms with E-state index in [0.717, 1.165) is 0 Å². The molecule has 2 heteroatoms. The zero-order valence-electron chi connectivity index (χ0n) is 3.66. The molecule has 1 radical (unpaired) electrons. The van der Waals surface area contributed by atoms with E-state index in [1.807, 2.05) is 0 Å². The molecule has 0 aromatic rings. The van der Waals surface area contributed by atoms with Crippen LogP contribution >= 0.6 is 0 Å². The summed E-state index contributed by atoms with van der Waals surface area (Å²) in [6.07, 6.45) is 6.33. The van der Waals surface area contributed by atoms with Gasteiger partial charge in [-0.15, -0.1) is 0 Å². The quantitative estimate of drug-likeness (QED) is 0.468. The van der Waals surface area contributed by atoms with Gasteiger partial charge in [0.25, 0.3) is 0 Å². The van der Waals surface area contributed by atoms with Crippen LogP contribution < -0.4 is 0 Å². The monoisotopic (exact) mass is 97.0 g/mol. The normalized spacial score (nSPS) is 27.3. The lowest BCUT2D eigenvalue weighted by Gasteiger charge is -2.04. The average molecular weight is 97.1 g/mol. The molecular formula is C5H5O2. The number of allylic oxidation sites excluding steroid dienone is 2. The van der Waals surface area contributed by atoms with Gasteiger partial charge in [-0.05, 0) is 12.2 Å². The van der Waals surface area contributed by atoms with Gasteiger partial charge in [0, 0.05) is 6.08 Å². The number of hydrogen-bond donors (Lipinski definition) is 1. The van der Waals surface area contributed by atoms with Gasteiger partial charge < -0.3 is 9.84 Å². The maximum Gasteiger partial charge on any atom is 0.223 e. The molecule has 0 aromatic carbocycles. The zero-order valence-corrected chi connectivity index (χ0v) is 3.66. The fourth-order valence-corrected chi connectivity index (χ4v) is 0.336. The second-order valence-corrected chi connectivity index (χ2v) is 1.15. The summed E-state index contributed by atoms with van der Waals surface area (Å²) < 4.78 is 4.51. The minimum Gasteiger partial charge on any atom is -0.468 e. The van der Waals surface area contributed by atoms with E-state index in [1.54, 1.807) is 12.2 Å². The third-order valence-corrected chi connectivity index (χ3v) is 0.621. The Hall–Kier alpha value is -0.760. The van der Waals surface area contributed by atoms with Gasteiger partial charge in [-0.1, -0.05) is 0 Å². The molecule has 1 aliphatic heterocycles. The smallest absolute Gasteiger partial charge is 0.223 e. The number of aliphatic hydroxyl groups excluding tert-OH is 1. The van der Waals surface area contributed by atoms with Gasteiger partial charge in [0.05, 0.1) is 6.26 Å². The summed E-state index contributed by atoms with van der Waals surface area (Å²) >= 11 is 0. The molecule has 0 saturated heterocycles. The lowest BCUT2D eigenvalue weighted by molar-refractivity contribution is -0.0195. The van der Waals surface area contributed by atoms with E-state index in [-0.39, 0.29) is 0 Å². The topological polar surface area (TPSA) is 29.5 Å². The average Bonchev–Trinajstić information content (AvgIpc) is 1.69. The fourth-order valence-electron chi connectivity index (χ4n) is 0.336. The summed E-state index contributed by atoms with van der Waals surface area (Å²) in [7, 11) is 0. The van der Waals surface area contributed by atoms with Gasteiger partial charge >= 0.3 is 0 Å². The van der Waals surface area contributed by atoms with Crippen LogP contribution in [0.3, 0.4) is 0 Å². The predicted molar refractivity (Wildman–Crippen MR) is 24.0 cm³/mol. The molecule has 0 saturated carbocycles. The summed E-state index contributed by atoms with van der Waals surface area (Å²) in [5.41, 5.74) is 0. The summed E-state index contributed by atoms with van der Waals surface area (Å²) in [6.45, 7) is 0. The van der Waals surface area contributed by atoms with Crippen molar-refractivity contribution in [2.45, 2.75) is 6.29 Å². The van der Waals surface area contributed by atoms with Crippen molar-refractivity contribution in [3.05, 3.63) is 24.5 Å². The molecule has 0 aliphatic carbocycles. The van der Waals surface area contributed by atoms with Crippen LogP contribution in [0.1, 0.15) is 0 Å². The van der Waals surface area contributed by atoms with E-state index in [4.69, 9.17) is 5.11 Å². The molecule has 1 atom stereocenters. The molecule has 0 amide bonds. The SMILES string of the molecule is OC1[C]=CC=CO1. The molecule has 1 unspecified atom stereocenters. The van der Waals surface area contributed by atoms with Crippen LogP contribution in [0.4, 0.5) is 0 Å². The minimum atomic E-state index is -0.856. The third kappa shape index (κ3) is 1.05. The lowest BCUT2D eigenvalue weighted by atomic mass is 10.4. The standard InChI is InChI=1S/C5H5O2/c6-5-3-1-2-4-7-5/h1-2,4-6H. The molecule has 1 rings (SSSR count). The Morgan fingerprint density at radius 3 is 2.86 bits per heavy atom. The highest BCUT2D eigenvalue weighted by atomic mass is 16.6. The van der Waals surface area contributed by atoms with E-state index >= 15 is 0 Å². The molecule has 0 spiro atoms. The maximum absolute atomic E-state index is 8.49. The van der Waals surface area contributed by atoms with Crippen molar-refractivity contribution < 1.29 is 9.84 Å². The first-order valence-corrected chi connectivity index (χ1v) is 1.97. The zero-order chi connectivity index (χ0) is 5.11. The predicted octanol–water partition coefficient (Wildman–Crippen LogP) is 0.208. The van der Waals surface area contributed by atoms with Gasteiger partial charge in [-0.3, -0.25) is 0 Å². The molecule has 0 fully saturated rings. The van der Waals surface area contributed by atoms with Crippen molar-refractivity contribution in [3.63, 3.8) is 0 Å². The number of rotatable bonds is 0. The Morgan fingerprint density at radius 2 is 2.57 bits per heavy atom. The second kappa shape index (κ2) is 1.80. The molecule has 1 N–H and O–H groups in total. The Bertz CT molecular complexity index is 105. The molecule has 0 bridgehead atoms. The molecule has 1 aliphatic rings. The first-order valence-electron chi connectivity index (χ1n) is 1.97. The van der Waals surface area contributed by atoms with E-state index in [0.29, 0.717) is 0 Å². The highest BCUT2D eigenvalue weighted by molar-refractivity contribution is 5.00. The highest BCUT2D eigenvalue weighted by Gasteiger charge is 1.95. The third-order valence-electron chi connectivity index (χ3n) is 0.621. The Kier molecular flexibility index (Phi) is 1.13. The van der Waals surface area contributed by atoms with Crippen molar-refractivity contribution in [2.24, 2.45) is 0 Å². The molecule has 2 nitrogen and oxygen atoms in total. The molecule has 0 aromatic heterocycles. The number of ether oxygens (including phenoxy) is 1. The van der Waals surface area contributed by atoms with Crippen molar-refractivity contribution in [1.29, 1.82) is 0 Å². The fraction of sp³-hybridized carbons (Fsp3) is 0.200. The van der Waals surface area contributed by atoms with Gasteiger partial charge in [-0.2, -0.15) is 0 Å². The molecule has 1 heterocycles. The van der Waals surface area contributed by atoms with Crippen LogP contribution in [0, 0.1) is 6.08 Å². The summed E-state index contributed by atoms with van der Waals surface area (Å²) in [5.74, 6) is 0. The van der Waals surface area contributed by atoms with Crippen LogP contribution in [-0.4, -0.2) is 11.4 Å². The van der Waals surface area contributed by atoms with E-state index < -0.39 is 6.29 Å². The second-order valence-electron chi connectivity index (χ2n) is 1.15. The lowest BCUT2D eigenvalue weighted by Crippen LogP contribution is -2.05. The Balaban J connectivity index is 2.49. The van der Waals surface area contributed by atoms with Gasteiger partial charge in [0.15, 0.2) is 0 Å². The van der Waals surface area contributed by atoms with Crippen LogP contribution in [0.2, 0.25) is 0 Å². The first-order chi connectivity index (χ1) is 3.39. The van der Waals surface area contributed by atoms with Crippen LogP contribution in [-0.2, 0) is 4.74 Å². The summed E-state index contributed by atoms with van der Waals surface area (Å²) in [5, 5.41) is 8.49. The minimum absolute atomic E-state index is 0.856. The maximum atomic E-state index is 8.49. The molecule has 37 valence electrons. The van der Waals surface area contributed by atoms with E-state index in [9.17, 15) is 0 Å². The number of aliphatic hydroxyl groups is 1. The van der Waals surface area contributed by atoms with Crippen LogP contribution in [0.15, 0.2) is 18.4 Å². The van der Waals surface area contributed by atoms with E-state index in [1.165, 1.54) is 6.26 Å². The Labute approximate surface area is 41.7 Å². The van der Waals surface area contributed by atoms with Crippen molar-refractivity contribution >= 4 is 0 Å². The summed E-state index contributed by atoms with van der Waals surface area (Å²) in [4.78, 5) is 0. The molecular weight excluding hydrogens is 92.1 g/mol. The number of hydrogen-bond acceptors (Lipinski definition) is 2. The van der Waals surface area contributed by atoms with Crippen LogP contribution in [0.25, 0.3) is 0 Å². The Morgan fingerprint density at radius 1 is 1.71 bits per heavy atom. The largest absolute Gasteiger partial charge is 0.468 e. The van der Waals surface area contributed by atoms with Crippen molar-refractivity contribution in [1.82, 2.24) is 0 Å². The van der Waals surface area contributed by atoms with E-state index in [2.05, 4.69) is 10.8 Å². The van der Waals surface area contributed by atoms with Gasteiger partial charge in [-0.25, -0.2) is 0 Å². The van der Waals surface area contributed by atoms with Crippen molar-refractivity contribution in [3.8, 4) is 0 Å². The highest BCUT2D eigenvalue weighted by Crippen LogP contribution is 1.94. The van der Waals surface area contributed by atoms with Gasteiger partial charge in [0.1, 0.15) is 0 Å². The summed E-state index contributed by atoms with van der Waals surface area (Å²) in [6, 6.07) is 0. The first kappa shape index (κ1) is 4.40.